The summed E-state index contributed by atoms with van der Waals surface area (Å²) in [5, 5.41) is 27.9. The fraction of sp³-hybridized carbons (Fsp3) is 0.889. The third kappa shape index (κ3) is 5.04. The Kier molecular flexibility index (Phi) is 7.70. The highest BCUT2D eigenvalue weighted by Gasteiger charge is 2.55. The molecule has 0 aromatic heterocycles. The number of ether oxygens (including phenoxy) is 2. The minimum Gasteiger partial charge on any atom is -0.461 e. The third-order valence-electron chi connectivity index (χ3n) is 6.17. The Balaban J connectivity index is 1.48. The smallest absolute Gasteiger partial charge is 0.451 e. The molecule has 3 rings (SSSR count). The summed E-state index contributed by atoms with van der Waals surface area (Å²) in [5.74, 6) is -0.433. The van der Waals surface area contributed by atoms with E-state index in [1.807, 2.05) is 0 Å². The zero-order valence-electron chi connectivity index (χ0n) is 16.3. The second-order valence-corrected chi connectivity index (χ2v) is 7.99. The molecule has 5 N–H and O–H groups in total. The molecule has 3 fully saturated rings. The molecule has 0 amide bonds. The molecule has 0 spiro atoms. The quantitative estimate of drug-likeness (QED) is 0.175. The van der Waals surface area contributed by atoms with Gasteiger partial charge in [0.15, 0.2) is 0 Å². The summed E-state index contributed by atoms with van der Waals surface area (Å²) >= 11 is 0. The van der Waals surface area contributed by atoms with Crippen LogP contribution in [0, 0.1) is 5.92 Å². The fourth-order valence-corrected chi connectivity index (χ4v) is 4.72. The van der Waals surface area contributed by atoms with Crippen molar-refractivity contribution in [2.24, 2.45) is 5.92 Å². The summed E-state index contributed by atoms with van der Waals surface area (Å²) in [6.45, 7) is 2.52. The lowest BCUT2D eigenvalue weighted by molar-refractivity contribution is -0.159. The van der Waals surface area contributed by atoms with E-state index in [-0.39, 0.29) is 43.2 Å². The van der Waals surface area contributed by atoms with Crippen molar-refractivity contribution in [1.29, 1.82) is 0 Å². The molecule has 0 aromatic rings. The average Bonchev–Trinajstić information content (AvgIpc) is 3.40. The molecule has 0 aliphatic carbocycles. The van der Waals surface area contributed by atoms with E-state index in [2.05, 4.69) is 16.0 Å². The monoisotopic (exact) mass is 397 g/mol. The standard InChI is InChI=1S/C18H32BN3O6/c23-16(14-4-3-8-20-14)27-10-11-28-17(24)18(6-1-2-7-19(25)26)13-5-9-21-15(13)12-22-18/h13-15,20-22,25-26H,1-12H2/t13-,14?,15-,18+/m0/s1. The number of hydrogen-bond donors (Lipinski definition) is 5. The predicted octanol–water partition coefficient (Wildman–Crippen LogP) is -1.21. The van der Waals surface area contributed by atoms with Crippen molar-refractivity contribution in [1.82, 2.24) is 16.0 Å². The molecule has 1 unspecified atom stereocenters. The van der Waals surface area contributed by atoms with E-state index in [1.165, 1.54) is 0 Å². The first-order valence-corrected chi connectivity index (χ1v) is 10.4. The summed E-state index contributed by atoms with van der Waals surface area (Å²) < 4.78 is 10.7. The van der Waals surface area contributed by atoms with Gasteiger partial charge in [0.25, 0.3) is 0 Å². The van der Waals surface area contributed by atoms with Crippen LogP contribution in [-0.2, 0) is 19.1 Å². The average molecular weight is 397 g/mol. The molecular weight excluding hydrogens is 365 g/mol. The number of unbranched alkanes of at least 4 members (excludes halogenated alkanes) is 1. The van der Waals surface area contributed by atoms with Crippen LogP contribution in [0.1, 0.15) is 38.5 Å². The second-order valence-electron chi connectivity index (χ2n) is 7.99. The van der Waals surface area contributed by atoms with Gasteiger partial charge < -0.3 is 35.5 Å². The van der Waals surface area contributed by atoms with Gasteiger partial charge in [-0.2, -0.15) is 0 Å². The number of carbonyl (C=O) groups is 2. The molecule has 10 heteroatoms. The Labute approximate surface area is 166 Å². The molecule has 3 heterocycles. The van der Waals surface area contributed by atoms with Gasteiger partial charge in [-0.15, -0.1) is 0 Å². The first-order valence-electron chi connectivity index (χ1n) is 10.4. The largest absolute Gasteiger partial charge is 0.461 e. The zero-order valence-corrected chi connectivity index (χ0v) is 16.3. The van der Waals surface area contributed by atoms with Gasteiger partial charge in [0.05, 0.1) is 0 Å². The molecule has 3 aliphatic heterocycles. The fourth-order valence-electron chi connectivity index (χ4n) is 4.72. The molecule has 9 nitrogen and oxygen atoms in total. The van der Waals surface area contributed by atoms with Crippen LogP contribution in [0.5, 0.6) is 0 Å². The van der Waals surface area contributed by atoms with Crippen molar-refractivity contribution in [2.75, 3.05) is 32.8 Å². The van der Waals surface area contributed by atoms with Gasteiger partial charge in [-0.25, -0.2) is 0 Å². The van der Waals surface area contributed by atoms with Crippen LogP contribution in [0.2, 0.25) is 6.32 Å². The molecule has 3 aliphatic rings. The summed E-state index contributed by atoms with van der Waals surface area (Å²) in [7, 11) is -1.32. The Morgan fingerprint density at radius 1 is 1.07 bits per heavy atom. The van der Waals surface area contributed by atoms with Gasteiger partial charge in [-0.3, -0.25) is 9.59 Å². The number of fused-ring (bicyclic) bond motifs is 1. The summed E-state index contributed by atoms with van der Waals surface area (Å²) in [5.41, 5.74) is -0.758. The lowest BCUT2D eigenvalue weighted by Crippen LogP contribution is -2.53. The van der Waals surface area contributed by atoms with Crippen LogP contribution in [-0.4, -0.2) is 79.6 Å². The van der Waals surface area contributed by atoms with Crippen LogP contribution >= 0.6 is 0 Å². The molecule has 158 valence electrons. The Morgan fingerprint density at radius 2 is 1.89 bits per heavy atom. The van der Waals surface area contributed by atoms with Crippen LogP contribution < -0.4 is 16.0 Å². The molecule has 0 radical (unpaired) electrons. The summed E-state index contributed by atoms with van der Waals surface area (Å²) in [4.78, 5) is 24.9. The predicted molar refractivity (Wildman–Crippen MR) is 102 cm³/mol. The van der Waals surface area contributed by atoms with Crippen molar-refractivity contribution in [3.63, 3.8) is 0 Å². The van der Waals surface area contributed by atoms with E-state index in [4.69, 9.17) is 19.5 Å². The number of hydrogen-bond acceptors (Lipinski definition) is 9. The van der Waals surface area contributed by atoms with Gasteiger partial charge in [-0.1, -0.05) is 12.8 Å². The van der Waals surface area contributed by atoms with Gasteiger partial charge in [0, 0.05) is 18.5 Å². The summed E-state index contributed by atoms with van der Waals surface area (Å²) in [6, 6.07) is 0.00740. The highest BCUT2D eigenvalue weighted by atomic mass is 16.6. The lowest BCUT2D eigenvalue weighted by atomic mass is 9.77. The van der Waals surface area contributed by atoms with Crippen molar-refractivity contribution in [2.45, 2.75) is 62.5 Å². The lowest BCUT2D eigenvalue weighted by Gasteiger charge is -2.32. The maximum Gasteiger partial charge on any atom is 0.451 e. The number of rotatable bonds is 10. The molecular formula is C18H32BN3O6. The Bertz CT molecular complexity index is 545. The molecule has 0 bridgehead atoms. The molecule has 28 heavy (non-hydrogen) atoms. The van der Waals surface area contributed by atoms with Crippen LogP contribution in [0.15, 0.2) is 0 Å². The third-order valence-corrected chi connectivity index (χ3v) is 6.17. The number of nitrogens with one attached hydrogen (secondary N) is 3. The second kappa shape index (κ2) is 10.0. The van der Waals surface area contributed by atoms with E-state index in [0.717, 1.165) is 32.4 Å². The van der Waals surface area contributed by atoms with Gasteiger partial charge in [0.1, 0.15) is 24.8 Å². The van der Waals surface area contributed by atoms with Crippen molar-refractivity contribution < 1.29 is 29.1 Å². The number of carbonyl (C=O) groups excluding carboxylic acids is 2. The van der Waals surface area contributed by atoms with Gasteiger partial charge in [-0.05, 0) is 45.1 Å². The Hall–Kier alpha value is -1.20. The van der Waals surface area contributed by atoms with E-state index in [9.17, 15) is 9.59 Å². The van der Waals surface area contributed by atoms with Gasteiger partial charge >= 0.3 is 19.1 Å². The van der Waals surface area contributed by atoms with Gasteiger partial charge in [0.2, 0.25) is 0 Å². The maximum absolute atomic E-state index is 13.0. The normalized spacial score (nSPS) is 31.6. The van der Waals surface area contributed by atoms with Crippen molar-refractivity contribution >= 4 is 19.1 Å². The van der Waals surface area contributed by atoms with E-state index < -0.39 is 12.7 Å². The van der Waals surface area contributed by atoms with E-state index in [1.54, 1.807) is 0 Å². The summed E-state index contributed by atoms with van der Waals surface area (Å²) in [6.07, 6.45) is 4.86. The maximum atomic E-state index is 13.0. The highest BCUT2D eigenvalue weighted by Crippen LogP contribution is 2.38. The van der Waals surface area contributed by atoms with Crippen LogP contribution in [0.3, 0.4) is 0 Å². The van der Waals surface area contributed by atoms with Crippen molar-refractivity contribution in [3.8, 4) is 0 Å². The highest BCUT2D eigenvalue weighted by molar-refractivity contribution is 6.40. The first kappa shape index (κ1) is 21.5. The van der Waals surface area contributed by atoms with E-state index in [0.29, 0.717) is 32.1 Å². The molecule has 3 saturated heterocycles. The van der Waals surface area contributed by atoms with Crippen LogP contribution in [0.25, 0.3) is 0 Å². The minimum absolute atomic E-state index is 0.0426. The molecule has 0 aromatic carbocycles. The van der Waals surface area contributed by atoms with Crippen molar-refractivity contribution in [3.05, 3.63) is 0 Å². The Morgan fingerprint density at radius 3 is 2.64 bits per heavy atom. The number of esters is 2. The topological polar surface area (TPSA) is 129 Å². The SMILES string of the molecule is O=C(OCCOC(=O)[C@]1(CCCCB(O)O)NC[C@@H]2NCC[C@@H]21)C1CCCN1. The van der Waals surface area contributed by atoms with E-state index >= 15 is 0 Å². The molecule has 4 atom stereocenters. The molecule has 0 saturated carbocycles. The van der Waals surface area contributed by atoms with Crippen LogP contribution in [0.4, 0.5) is 0 Å². The first-order chi connectivity index (χ1) is 13.5. The zero-order chi connectivity index (χ0) is 20.0. The minimum atomic E-state index is -1.32.